The van der Waals surface area contributed by atoms with Crippen LogP contribution in [0.4, 0.5) is 11.4 Å². The van der Waals surface area contributed by atoms with Crippen molar-refractivity contribution in [2.75, 3.05) is 29.9 Å². The van der Waals surface area contributed by atoms with Gasteiger partial charge in [-0.2, -0.15) is 4.31 Å². The van der Waals surface area contributed by atoms with Gasteiger partial charge in [0.15, 0.2) is 6.61 Å². The molecule has 1 aromatic heterocycles. The summed E-state index contributed by atoms with van der Waals surface area (Å²) in [6, 6.07) is 11.0. The van der Waals surface area contributed by atoms with Gasteiger partial charge in [0.1, 0.15) is 11.5 Å². The Morgan fingerprint density at radius 3 is 2.46 bits per heavy atom. The van der Waals surface area contributed by atoms with Crippen LogP contribution in [0.5, 0.6) is 5.75 Å². The largest absolute Gasteiger partial charge is 0.482 e. The van der Waals surface area contributed by atoms with Crippen molar-refractivity contribution in [3.05, 3.63) is 65.0 Å². The number of aromatic nitrogens is 1. The number of nitrogens with zero attached hydrogens (tertiary/aromatic N) is 3. The number of rotatable bonds is 6. The van der Waals surface area contributed by atoms with E-state index in [1.807, 2.05) is 6.92 Å². The summed E-state index contributed by atoms with van der Waals surface area (Å²) < 4.78 is 38.1. The van der Waals surface area contributed by atoms with Crippen molar-refractivity contribution in [1.82, 2.24) is 9.46 Å². The lowest BCUT2D eigenvalue weighted by molar-refractivity contribution is -0.121. The van der Waals surface area contributed by atoms with E-state index in [1.54, 1.807) is 30.0 Å². The van der Waals surface area contributed by atoms with E-state index in [0.29, 0.717) is 47.2 Å². The lowest BCUT2D eigenvalue weighted by atomic mass is 10.1. The molecule has 0 radical (unpaired) electrons. The van der Waals surface area contributed by atoms with Crippen LogP contribution in [0.15, 0.2) is 51.9 Å². The molecule has 2 aromatic carbocycles. The average molecular weight is 525 g/mol. The van der Waals surface area contributed by atoms with Crippen LogP contribution in [-0.2, 0) is 21.4 Å². The third-order valence-electron chi connectivity index (χ3n) is 6.73. The molecule has 37 heavy (non-hydrogen) atoms. The van der Waals surface area contributed by atoms with Gasteiger partial charge in [-0.05, 0) is 69.2 Å². The van der Waals surface area contributed by atoms with E-state index in [1.165, 1.54) is 28.6 Å². The Labute approximate surface area is 215 Å². The molecule has 194 valence electrons. The number of hydrogen-bond acceptors (Lipinski definition) is 7. The SMILES string of the molecule is Cc1noc(C)c1CN1C(=O)COc2ccc(NC(=O)c3ccc(S(=O)(=O)N4CCCCC4)cc3)cc21. The van der Waals surface area contributed by atoms with E-state index in [-0.39, 0.29) is 24.0 Å². The van der Waals surface area contributed by atoms with Crippen molar-refractivity contribution in [3.8, 4) is 5.75 Å². The molecule has 0 saturated carbocycles. The molecule has 3 heterocycles. The highest BCUT2D eigenvalue weighted by Gasteiger charge is 2.29. The lowest BCUT2D eigenvalue weighted by Crippen LogP contribution is -2.38. The zero-order valence-corrected chi connectivity index (χ0v) is 21.5. The Hall–Kier alpha value is -3.70. The molecule has 0 spiro atoms. The van der Waals surface area contributed by atoms with Gasteiger partial charge in [-0.3, -0.25) is 9.59 Å². The van der Waals surface area contributed by atoms with Gasteiger partial charge < -0.3 is 19.5 Å². The highest BCUT2D eigenvalue weighted by Crippen LogP contribution is 2.36. The second kappa shape index (κ2) is 9.98. The summed E-state index contributed by atoms with van der Waals surface area (Å²) in [4.78, 5) is 27.4. The Morgan fingerprint density at radius 1 is 1.05 bits per heavy atom. The number of anilines is 2. The summed E-state index contributed by atoms with van der Waals surface area (Å²) in [6.07, 6.45) is 2.74. The number of benzene rings is 2. The molecule has 3 aromatic rings. The Balaban J connectivity index is 1.34. The molecular weight excluding hydrogens is 496 g/mol. The van der Waals surface area contributed by atoms with Crippen molar-refractivity contribution in [2.24, 2.45) is 0 Å². The standard InChI is InChI=1S/C26H28N4O6S/c1-17-22(18(2)36-28-17)15-30-23-14-20(8-11-24(23)35-16-25(30)31)27-26(32)19-6-9-21(10-7-19)37(33,34)29-12-4-3-5-13-29/h6-11,14H,3-5,12-13,15-16H2,1-2H3,(H,27,32). The maximum Gasteiger partial charge on any atom is 0.265 e. The van der Waals surface area contributed by atoms with Gasteiger partial charge in [-0.25, -0.2) is 8.42 Å². The van der Waals surface area contributed by atoms with Crippen LogP contribution < -0.4 is 15.0 Å². The average Bonchev–Trinajstić information content (AvgIpc) is 3.23. The molecule has 0 aliphatic carbocycles. The molecule has 1 saturated heterocycles. The summed E-state index contributed by atoms with van der Waals surface area (Å²) >= 11 is 0. The first-order valence-electron chi connectivity index (χ1n) is 12.1. The molecule has 1 N–H and O–H groups in total. The number of piperidine rings is 1. The maximum atomic E-state index is 12.9. The van der Waals surface area contributed by atoms with E-state index in [4.69, 9.17) is 9.26 Å². The second-order valence-electron chi connectivity index (χ2n) is 9.20. The van der Waals surface area contributed by atoms with E-state index in [2.05, 4.69) is 10.5 Å². The first kappa shape index (κ1) is 25.0. The Morgan fingerprint density at radius 2 is 1.78 bits per heavy atom. The van der Waals surface area contributed by atoms with Crippen LogP contribution in [0.25, 0.3) is 0 Å². The van der Waals surface area contributed by atoms with Crippen molar-refractivity contribution >= 4 is 33.2 Å². The van der Waals surface area contributed by atoms with Crippen molar-refractivity contribution < 1.29 is 27.3 Å². The fourth-order valence-corrected chi connectivity index (χ4v) is 6.09. The summed E-state index contributed by atoms with van der Waals surface area (Å²) in [5, 5.41) is 6.78. The molecule has 0 atom stereocenters. The molecule has 10 nitrogen and oxygen atoms in total. The van der Waals surface area contributed by atoms with Crippen LogP contribution in [-0.4, -0.2) is 49.4 Å². The summed E-state index contributed by atoms with van der Waals surface area (Å²) in [5.41, 5.74) is 2.83. The van der Waals surface area contributed by atoms with Crippen LogP contribution in [0.2, 0.25) is 0 Å². The second-order valence-corrected chi connectivity index (χ2v) is 11.1. The highest BCUT2D eigenvalue weighted by atomic mass is 32.2. The van der Waals surface area contributed by atoms with Gasteiger partial charge in [0.2, 0.25) is 10.0 Å². The third kappa shape index (κ3) is 4.96. The number of ether oxygens (including phenoxy) is 1. The van der Waals surface area contributed by atoms with Crippen molar-refractivity contribution in [3.63, 3.8) is 0 Å². The van der Waals surface area contributed by atoms with Gasteiger partial charge in [0.25, 0.3) is 11.8 Å². The molecule has 0 unspecified atom stereocenters. The molecule has 11 heteroatoms. The van der Waals surface area contributed by atoms with Gasteiger partial charge in [-0.1, -0.05) is 11.6 Å². The zero-order valence-electron chi connectivity index (χ0n) is 20.7. The smallest absolute Gasteiger partial charge is 0.265 e. The molecule has 2 amide bonds. The predicted molar refractivity (Wildman–Crippen MR) is 136 cm³/mol. The number of aryl methyl sites for hydroxylation is 2. The van der Waals surface area contributed by atoms with E-state index in [0.717, 1.165) is 24.8 Å². The number of nitrogens with one attached hydrogen (secondary N) is 1. The topological polar surface area (TPSA) is 122 Å². The molecule has 2 aliphatic rings. The van der Waals surface area contributed by atoms with Gasteiger partial charge in [-0.15, -0.1) is 0 Å². The number of sulfonamides is 1. The Bertz CT molecular complexity index is 1420. The van der Waals surface area contributed by atoms with Crippen LogP contribution >= 0.6 is 0 Å². The predicted octanol–water partition coefficient (Wildman–Crippen LogP) is 3.64. The van der Waals surface area contributed by atoms with E-state index < -0.39 is 15.9 Å². The normalized spacial score (nSPS) is 16.3. The van der Waals surface area contributed by atoms with Gasteiger partial charge >= 0.3 is 0 Å². The quantitative estimate of drug-likeness (QED) is 0.522. The molecule has 2 aliphatic heterocycles. The summed E-state index contributed by atoms with van der Waals surface area (Å²) in [5.74, 6) is 0.536. The number of fused-ring (bicyclic) bond motifs is 1. The lowest BCUT2D eigenvalue weighted by Gasteiger charge is -2.29. The fourth-order valence-electron chi connectivity index (χ4n) is 4.57. The third-order valence-corrected chi connectivity index (χ3v) is 8.64. The first-order valence-corrected chi connectivity index (χ1v) is 13.6. The van der Waals surface area contributed by atoms with Gasteiger partial charge in [0.05, 0.1) is 22.8 Å². The minimum absolute atomic E-state index is 0.0885. The molecular formula is C26H28N4O6S. The first-order chi connectivity index (χ1) is 17.7. The molecule has 5 rings (SSSR count). The highest BCUT2D eigenvalue weighted by molar-refractivity contribution is 7.89. The minimum atomic E-state index is -3.57. The number of carbonyl (C=O) groups is 2. The van der Waals surface area contributed by atoms with E-state index in [9.17, 15) is 18.0 Å². The van der Waals surface area contributed by atoms with Gasteiger partial charge in [0, 0.05) is 29.9 Å². The summed E-state index contributed by atoms with van der Waals surface area (Å²) in [7, 11) is -3.57. The van der Waals surface area contributed by atoms with Crippen molar-refractivity contribution in [2.45, 2.75) is 44.6 Å². The number of hydrogen-bond donors (Lipinski definition) is 1. The molecule has 1 fully saturated rings. The fraction of sp³-hybridized carbons (Fsp3) is 0.346. The van der Waals surface area contributed by atoms with Crippen LogP contribution in [0.1, 0.15) is 46.6 Å². The maximum absolute atomic E-state index is 12.9. The molecule has 0 bridgehead atoms. The van der Waals surface area contributed by atoms with Crippen LogP contribution in [0.3, 0.4) is 0 Å². The van der Waals surface area contributed by atoms with Crippen LogP contribution in [0, 0.1) is 13.8 Å². The minimum Gasteiger partial charge on any atom is -0.482 e. The summed E-state index contributed by atoms with van der Waals surface area (Å²) in [6.45, 7) is 4.82. The monoisotopic (exact) mass is 524 g/mol. The number of carbonyl (C=O) groups excluding carboxylic acids is 2. The number of amides is 2. The van der Waals surface area contributed by atoms with Crippen molar-refractivity contribution in [1.29, 1.82) is 0 Å². The zero-order chi connectivity index (χ0) is 26.2. The van der Waals surface area contributed by atoms with E-state index >= 15 is 0 Å². The Kier molecular flexibility index (Phi) is 6.74.